The number of amides is 2. The number of benzene rings is 1. The smallest absolute Gasteiger partial charge is 0.253 e. The molecule has 0 aliphatic carbocycles. The molecule has 3 aromatic rings. The fraction of sp³-hybridized carbons (Fsp3) is 0.355. The van der Waals surface area contributed by atoms with Crippen molar-refractivity contribution < 1.29 is 9.59 Å². The van der Waals surface area contributed by atoms with Crippen LogP contribution in [0.3, 0.4) is 0 Å². The van der Waals surface area contributed by atoms with Crippen LogP contribution in [-0.4, -0.2) is 65.3 Å². The second-order valence-corrected chi connectivity index (χ2v) is 10.3. The molecule has 2 aromatic heterocycles. The first-order valence-corrected chi connectivity index (χ1v) is 13.1. The number of rotatable bonds is 7. The fourth-order valence-corrected chi connectivity index (χ4v) is 5.04. The van der Waals surface area contributed by atoms with Gasteiger partial charge in [0.25, 0.3) is 5.91 Å². The van der Waals surface area contributed by atoms with Gasteiger partial charge in [0.15, 0.2) is 0 Å². The highest BCUT2D eigenvalue weighted by Crippen LogP contribution is 2.30. The van der Waals surface area contributed by atoms with Gasteiger partial charge >= 0.3 is 0 Å². The van der Waals surface area contributed by atoms with Gasteiger partial charge in [-0.05, 0) is 87.2 Å². The molecule has 2 amide bonds. The van der Waals surface area contributed by atoms with Gasteiger partial charge in [0.1, 0.15) is 5.82 Å². The van der Waals surface area contributed by atoms with E-state index in [2.05, 4.69) is 45.3 Å². The van der Waals surface area contributed by atoms with E-state index in [4.69, 9.17) is 0 Å². The second kappa shape index (κ2) is 12.1. The van der Waals surface area contributed by atoms with Crippen molar-refractivity contribution in [3.05, 3.63) is 82.8 Å². The zero-order valence-electron chi connectivity index (χ0n) is 23.0. The lowest BCUT2D eigenvalue weighted by atomic mass is 9.88. The largest absolute Gasteiger partial charge is 0.345 e. The van der Waals surface area contributed by atoms with E-state index in [9.17, 15) is 9.59 Å². The third-order valence-electron chi connectivity index (χ3n) is 7.05. The van der Waals surface area contributed by atoms with Crippen molar-refractivity contribution in [1.29, 1.82) is 0 Å². The number of nitrogens with zero attached hydrogens (tertiary/aromatic N) is 4. The predicted molar refractivity (Wildman–Crippen MR) is 153 cm³/mol. The summed E-state index contributed by atoms with van der Waals surface area (Å²) in [5.41, 5.74) is 7.48. The number of carbonyl (C=O) groups excluding carboxylic acids is 2. The zero-order valence-corrected chi connectivity index (χ0v) is 23.0. The summed E-state index contributed by atoms with van der Waals surface area (Å²) >= 11 is 0. The van der Waals surface area contributed by atoms with E-state index in [-0.39, 0.29) is 11.8 Å². The molecule has 4 rings (SSSR count). The van der Waals surface area contributed by atoms with Crippen molar-refractivity contribution in [2.45, 2.75) is 39.5 Å². The topological polar surface area (TPSA) is 78.4 Å². The highest BCUT2D eigenvalue weighted by molar-refractivity contribution is 5.93. The Morgan fingerprint density at radius 2 is 1.74 bits per heavy atom. The van der Waals surface area contributed by atoms with Crippen LogP contribution in [0.15, 0.2) is 60.4 Å². The van der Waals surface area contributed by atoms with Crippen molar-refractivity contribution >= 4 is 23.7 Å². The maximum atomic E-state index is 12.2. The molecule has 0 atom stereocenters. The van der Waals surface area contributed by atoms with Crippen LogP contribution < -0.4 is 5.32 Å². The third-order valence-corrected chi connectivity index (χ3v) is 7.05. The number of likely N-dealkylation sites (tertiary alicyclic amines) is 1. The lowest BCUT2D eigenvalue weighted by Gasteiger charge is -2.32. The molecule has 0 unspecified atom stereocenters. The summed E-state index contributed by atoms with van der Waals surface area (Å²) in [5.74, 6) is 0.975. The Morgan fingerprint density at radius 1 is 1.03 bits per heavy atom. The van der Waals surface area contributed by atoms with E-state index in [1.54, 1.807) is 25.2 Å². The lowest BCUT2D eigenvalue weighted by Crippen LogP contribution is -2.34. The summed E-state index contributed by atoms with van der Waals surface area (Å²) in [6, 6.07) is 14.0. The molecule has 0 spiro atoms. The van der Waals surface area contributed by atoms with Gasteiger partial charge in [0.05, 0.1) is 0 Å². The summed E-state index contributed by atoms with van der Waals surface area (Å²) in [7, 11) is 3.56. The summed E-state index contributed by atoms with van der Waals surface area (Å²) in [5, 5.41) is 2.72. The van der Waals surface area contributed by atoms with Crippen LogP contribution in [0.2, 0.25) is 0 Å². The molecular formula is C31H37N5O2. The van der Waals surface area contributed by atoms with Gasteiger partial charge < -0.3 is 10.2 Å². The van der Waals surface area contributed by atoms with Crippen molar-refractivity contribution in [2.75, 3.05) is 39.0 Å². The molecular weight excluding hydrogens is 474 g/mol. The average Bonchev–Trinajstić information content (AvgIpc) is 2.90. The Morgan fingerprint density at radius 3 is 2.34 bits per heavy atom. The molecule has 1 aliphatic heterocycles. The minimum atomic E-state index is -0.136. The highest BCUT2D eigenvalue weighted by atomic mass is 16.2. The Labute approximate surface area is 225 Å². The number of piperidine rings is 1. The number of nitrogens with one attached hydrogen (secondary N) is 1. The lowest BCUT2D eigenvalue weighted by molar-refractivity contribution is -0.114. The molecule has 1 N–H and O–H groups in total. The average molecular weight is 512 g/mol. The molecule has 7 heteroatoms. The normalized spacial score (nSPS) is 14.8. The van der Waals surface area contributed by atoms with Gasteiger partial charge in [-0.2, -0.15) is 0 Å². The number of anilines is 1. The molecule has 0 radical (unpaired) electrons. The number of aromatic nitrogens is 2. The van der Waals surface area contributed by atoms with Gasteiger partial charge in [-0.1, -0.05) is 23.8 Å². The molecule has 3 heterocycles. The minimum absolute atomic E-state index is 0.0407. The molecule has 1 fully saturated rings. The Balaban J connectivity index is 1.40. The molecule has 1 saturated heterocycles. The number of aryl methyl sites for hydroxylation is 1. The maximum Gasteiger partial charge on any atom is 0.253 e. The summed E-state index contributed by atoms with van der Waals surface area (Å²) in [4.78, 5) is 36.5. The quantitative estimate of drug-likeness (QED) is 0.460. The number of hydrogen-bond donors (Lipinski definition) is 1. The molecule has 0 bridgehead atoms. The zero-order chi connectivity index (χ0) is 27.2. The van der Waals surface area contributed by atoms with Gasteiger partial charge in [-0.3, -0.25) is 19.5 Å². The van der Waals surface area contributed by atoms with Crippen LogP contribution in [0.1, 0.15) is 59.8 Å². The van der Waals surface area contributed by atoms with E-state index in [1.807, 2.05) is 43.5 Å². The van der Waals surface area contributed by atoms with E-state index < -0.39 is 0 Å². The summed E-state index contributed by atoms with van der Waals surface area (Å²) < 4.78 is 0. The molecule has 7 nitrogen and oxygen atoms in total. The van der Waals surface area contributed by atoms with Crippen LogP contribution in [0.5, 0.6) is 0 Å². The maximum absolute atomic E-state index is 12.2. The van der Waals surface area contributed by atoms with E-state index in [1.165, 1.54) is 18.1 Å². The van der Waals surface area contributed by atoms with E-state index >= 15 is 0 Å². The molecule has 1 aromatic carbocycles. The highest BCUT2D eigenvalue weighted by Gasteiger charge is 2.21. The summed E-state index contributed by atoms with van der Waals surface area (Å²) in [6.07, 6.45) is 8.08. The van der Waals surface area contributed by atoms with Crippen LogP contribution in [0.25, 0.3) is 17.2 Å². The molecule has 38 heavy (non-hydrogen) atoms. The van der Waals surface area contributed by atoms with Crippen molar-refractivity contribution in [2.24, 2.45) is 0 Å². The number of hydrogen-bond acceptors (Lipinski definition) is 5. The van der Waals surface area contributed by atoms with Crippen molar-refractivity contribution in [3.8, 4) is 11.1 Å². The number of pyridine rings is 2. The first-order valence-electron chi connectivity index (χ1n) is 13.1. The van der Waals surface area contributed by atoms with Gasteiger partial charge in [0.2, 0.25) is 5.91 Å². The first-order chi connectivity index (χ1) is 18.2. The Hall–Kier alpha value is -3.84. The van der Waals surface area contributed by atoms with E-state index in [0.29, 0.717) is 11.7 Å². The second-order valence-electron chi connectivity index (χ2n) is 10.3. The first kappa shape index (κ1) is 27.2. The van der Waals surface area contributed by atoms with Gasteiger partial charge in [0, 0.05) is 62.3 Å². The van der Waals surface area contributed by atoms with Gasteiger partial charge in [-0.15, -0.1) is 0 Å². The summed E-state index contributed by atoms with van der Waals surface area (Å²) in [6.45, 7) is 8.69. The van der Waals surface area contributed by atoms with Gasteiger partial charge in [-0.25, -0.2) is 4.98 Å². The minimum Gasteiger partial charge on any atom is -0.345 e. The van der Waals surface area contributed by atoms with Crippen LogP contribution in [-0.2, 0) is 4.79 Å². The van der Waals surface area contributed by atoms with Crippen molar-refractivity contribution in [1.82, 2.24) is 19.8 Å². The van der Waals surface area contributed by atoms with Crippen LogP contribution in [0, 0.1) is 6.92 Å². The van der Waals surface area contributed by atoms with Crippen LogP contribution in [0.4, 0.5) is 5.82 Å². The van der Waals surface area contributed by atoms with Crippen LogP contribution >= 0.6 is 0 Å². The monoisotopic (exact) mass is 511 g/mol. The molecule has 1 aliphatic rings. The number of carbonyl (C=O) groups is 2. The fourth-order valence-electron chi connectivity index (χ4n) is 5.04. The Bertz CT molecular complexity index is 1310. The standard InChI is InChI=1S/C31H37N5O2/c1-21(18-29-22(2)32-15-12-28(29)27-10-11-30(33-19-27)34-23(3)37)20-36-16-13-25(14-17-36)24-6-8-26(9-7-24)31(38)35(4)5/h6-12,15,18-19,25H,13-14,16-17,20H2,1-5H3,(H,33,34,37)/b21-18+. The molecule has 198 valence electrons. The van der Waals surface area contributed by atoms with E-state index in [0.717, 1.165) is 60.4 Å². The Kier molecular flexibility index (Phi) is 8.69. The SMILES string of the molecule is CC(=O)Nc1ccc(-c2ccnc(C)c2/C=C(\C)CN2CCC(c3ccc(C(=O)N(C)C)cc3)CC2)cn1. The third kappa shape index (κ3) is 6.72. The molecule has 0 saturated carbocycles. The van der Waals surface area contributed by atoms with Crippen molar-refractivity contribution in [3.63, 3.8) is 0 Å². The predicted octanol–water partition coefficient (Wildman–Crippen LogP) is 5.40.